The van der Waals surface area contributed by atoms with Gasteiger partial charge in [0.25, 0.3) is 0 Å². The monoisotopic (exact) mass is 1240 g/mol. The number of hydrogen-bond acceptors (Lipinski definition) is 13. The van der Waals surface area contributed by atoms with E-state index in [1.54, 1.807) is 6.08 Å². The molecule has 2 rings (SSSR count). The predicted octanol–water partition coefficient (Wildman–Crippen LogP) is 14.6. The van der Waals surface area contributed by atoms with Crippen molar-refractivity contribution in [3.8, 4) is 0 Å². The third kappa shape index (κ3) is 41.4. The molecule has 0 bridgehead atoms. The minimum Gasteiger partial charge on any atom is -0.394 e. The van der Waals surface area contributed by atoms with Crippen LogP contribution in [0.1, 0.15) is 271 Å². The van der Waals surface area contributed by atoms with Gasteiger partial charge in [0, 0.05) is 6.42 Å². The zero-order valence-electron chi connectivity index (χ0n) is 55.2. The molecule has 14 heteroatoms. The fraction of sp³-hybridized carbons (Fsp3) is 0.770. The van der Waals surface area contributed by atoms with Crippen LogP contribution < -0.4 is 5.32 Å². The van der Waals surface area contributed by atoms with Crippen molar-refractivity contribution in [1.29, 1.82) is 0 Å². The number of hydrogen-bond donors (Lipinski definition) is 9. The molecule has 1 amide bonds. The van der Waals surface area contributed by atoms with Crippen LogP contribution in [0.15, 0.2) is 97.2 Å². The average molecular weight is 1240 g/mol. The molecule has 12 unspecified atom stereocenters. The van der Waals surface area contributed by atoms with Gasteiger partial charge in [0.15, 0.2) is 12.6 Å². The quantitative estimate of drug-likeness (QED) is 0.0204. The van der Waals surface area contributed by atoms with E-state index in [2.05, 4.69) is 104 Å². The van der Waals surface area contributed by atoms with Gasteiger partial charge in [-0.2, -0.15) is 0 Å². The summed E-state index contributed by atoms with van der Waals surface area (Å²) in [5, 5.41) is 87.4. The van der Waals surface area contributed by atoms with Gasteiger partial charge in [-0.3, -0.25) is 4.79 Å². The first-order valence-electron chi connectivity index (χ1n) is 35.5. The Balaban J connectivity index is 1.64. The lowest BCUT2D eigenvalue weighted by molar-refractivity contribution is -0.359. The highest BCUT2D eigenvalue weighted by molar-refractivity contribution is 5.76. The lowest BCUT2D eigenvalue weighted by Gasteiger charge is -2.46. The number of aliphatic hydroxyl groups excluding tert-OH is 8. The smallest absolute Gasteiger partial charge is 0.220 e. The van der Waals surface area contributed by atoms with E-state index < -0.39 is 86.8 Å². The van der Waals surface area contributed by atoms with E-state index in [4.69, 9.17) is 18.9 Å². The molecule has 0 aromatic carbocycles. The minimum atomic E-state index is -1.80. The highest BCUT2D eigenvalue weighted by Gasteiger charge is 2.51. The van der Waals surface area contributed by atoms with Crippen LogP contribution in [0.3, 0.4) is 0 Å². The van der Waals surface area contributed by atoms with E-state index >= 15 is 0 Å². The van der Waals surface area contributed by atoms with Crippen molar-refractivity contribution in [3.63, 3.8) is 0 Å². The van der Waals surface area contributed by atoms with Crippen molar-refractivity contribution in [2.75, 3.05) is 19.8 Å². The molecule has 0 aromatic rings. The second-order valence-electron chi connectivity index (χ2n) is 24.6. The van der Waals surface area contributed by atoms with E-state index in [0.717, 1.165) is 77.0 Å². The molecule has 0 spiro atoms. The fourth-order valence-corrected chi connectivity index (χ4v) is 11.1. The summed E-state index contributed by atoms with van der Waals surface area (Å²) < 4.78 is 22.8. The number of ether oxygens (including phenoxy) is 4. The predicted molar refractivity (Wildman–Crippen MR) is 359 cm³/mol. The first kappa shape index (κ1) is 81.0. The van der Waals surface area contributed by atoms with Crippen molar-refractivity contribution in [1.82, 2.24) is 5.32 Å². The Bertz CT molecular complexity index is 1850. The first-order valence-corrected chi connectivity index (χ1v) is 35.5. The molecular weight excluding hydrogens is 1110 g/mol. The van der Waals surface area contributed by atoms with Gasteiger partial charge in [-0.25, -0.2) is 0 Å². The van der Waals surface area contributed by atoms with Crippen LogP contribution in [-0.4, -0.2) is 140 Å². The Hall–Kier alpha value is -3.09. The summed E-state index contributed by atoms with van der Waals surface area (Å²) in [5.41, 5.74) is 0. The number of unbranched alkanes of at least 4 members (excludes halogenated alkanes) is 30. The molecule has 0 aliphatic carbocycles. The van der Waals surface area contributed by atoms with Gasteiger partial charge < -0.3 is 65.1 Å². The number of allylic oxidation sites excluding steroid dienone is 15. The standard InChI is InChI=1S/C74H129NO13/c1-3-5-7-9-11-13-15-17-19-21-23-24-25-26-27-28-29-30-31-32-33-34-35-36-37-38-40-42-44-46-48-50-52-54-56-58-66(79)75-62(63(78)57-55-53-51-49-47-45-43-41-39-22-20-18-16-14-12-10-8-6-4-2)61-85-73-71(84)69(82)72(65(60-77)87-73)88-74-70(83)68(81)67(80)64(59-76)86-74/h5,7,11,13,17,19,23-24,26-27,39,41,47,49,55,57,62-65,67-74,76-78,80-84H,3-4,6,8-10,12,14-16,18,20-22,25,28-38,40,42-46,48,50-54,56,58-61H2,1-2H3,(H,75,79)/b7-5-,13-11-,19-17-,24-23-,27-26-,41-39+,49-47+,57-55+. The first-order chi connectivity index (χ1) is 43.1. The van der Waals surface area contributed by atoms with E-state index in [9.17, 15) is 45.6 Å². The molecule has 0 aromatic heterocycles. The van der Waals surface area contributed by atoms with Crippen molar-refractivity contribution >= 4 is 5.91 Å². The van der Waals surface area contributed by atoms with E-state index in [1.807, 2.05) is 6.08 Å². The van der Waals surface area contributed by atoms with Gasteiger partial charge in [-0.05, 0) is 89.9 Å². The fourth-order valence-electron chi connectivity index (χ4n) is 11.1. The van der Waals surface area contributed by atoms with Gasteiger partial charge >= 0.3 is 0 Å². The maximum atomic E-state index is 13.3. The van der Waals surface area contributed by atoms with Crippen LogP contribution >= 0.6 is 0 Å². The summed E-state index contributed by atoms with van der Waals surface area (Å²) in [5.74, 6) is -0.253. The van der Waals surface area contributed by atoms with Gasteiger partial charge in [0.05, 0.1) is 32.0 Å². The molecule has 2 fully saturated rings. The summed E-state index contributed by atoms with van der Waals surface area (Å²) in [6.07, 6.45) is 64.7. The topological polar surface area (TPSA) is 228 Å². The van der Waals surface area contributed by atoms with Gasteiger partial charge in [0.1, 0.15) is 48.8 Å². The number of carbonyl (C=O) groups is 1. The highest BCUT2D eigenvalue weighted by Crippen LogP contribution is 2.30. The zero-order chi connectivity index (χ0) is 63.8. The Morgan fingerprint density at radius 1 is 0.420 bits per heavy atom. The second-order valence-corrected chi connectivity index (χ2v) is 24.6. The SMILES string of the molecule is CC/C=C\C/C=C\C/C=C\C/C=C\C/C=C\CCCCCCCCCCCCCCCCCCCCCC(=O)NC(COC1OC(CO)C(OC2OC(CO)C(O)C(O)C2O)C(O)C1O)C(O)/C=C/CC/C=C/CC/C=C/CCCCCCCCCCC. The third-order valence-electron chi connectivity index (χ3n) is 16.7. The largest absolute Gasteiger partial charge is 0.394 e. The lowest BCUT2D eigenvalue weighted by Crippen LogP contribution is -2.65. The molecule has 0 saturated carbocycles. The van der Waals surface area contributed by atoms with Crippen LogP contribution in [0.2, 0.25) is 0 Å². The molecule has 2 aliphatic heterocycles. The number of rotatable bonds is 57. The van der Waals surface area contributed by atoms with Crippen LogP contribution in [0.5, 0.6) is 0 Å². The summed E-state index contributed by atoms with van der Waals surface area (Å²) in [6.45, 7) is 2.67. The van der Waals surface area contributed by atoms with Crippen LogP contribution in [-0.2, 0) is 23.7 Å². The molecule has 0 radical (unpaired) electrons. The molecule has 12 atom stereocenters. The number of carbonyl (C=O) groups excluding carboxylic acids is 1. The highest BCUT2D eigenvalue weighted by atomic mass is 16.7. The molecule has 88 heavy (non-hydrogen) atoms. The Kier molecular flexibility index (Phi) is 53.2. The molecule has 2 saturated heterocycles. The summed E-state index contributed by atoms with van der Waals surface area (Å²) >= 11 is 0. The summed E-state index contributed by atoms with van der Waals surface area (Å²) in [4.78, 5) is 13.3. The molecule has 508 valence electrons. The van der Waals surface area contributed by atoms with Crippen molar-refractivity contribution in [2.24, 2.45) is 0 Å². The van der Waals surface area contributed by atoms with Crippen molar-refractivity contribution in [2.45, 2.75) is 344 Å². The van der Waals surface area contributed by atoms with Crippen LogP contribution in [0, 0.1) is 0 Å². The molecule has 2 heterocycles. The van der Waals surface area contributed by atoms with Crippen molar-refractivity contribution in [3.05, 3.63) is 97.2 Å². The van der Waals surface area contributed by atoms with E-state index in [0.29, 0.717) is 12.8 Å². The van der Waals surface area contributed by atoms with Crippen LogP contribution in [0.25, 0.3) is 0 Å². The maximum absolute atomic E-state index is 13.3. The summed E-state index contributed by atoms with van der Waals surface area (Å²) in [6, 6.07) is -0.942. The van der Waals surface area contributed by atoms with Gasteiger partial charge in [-0.1, -0.05) is 272 Å². The van der Waals surface area contributed by atoms with E-state index in [1.165, 1.54) is 161 Å². The van der Waals surface area contributed by atoms with Gasteiger partial charge in [-0.15, -0.1) is 0 Å². The van der Waals surface area contributed by atoms with Crippen LogP contribution in [0.4, 0.5) is 0 Å². The maximum Gasteiger partial charge on any atom is 0.220 e. The van der Waals surface area contributed by atoms with Crippen molar-refractivity contribution < 1.29 is 64.6 Å². The van der Waals surface area contributed by atoms with E-state index in [-0.39, 0.29) is 18.9 Å². The number of amides is 1. The minimum absolute atomic E-state index is 0.253. The molecule has 9 N–H and O–H groups in total. The Labute approximate surface area is 534 Å². The molecular formula is C74H129NO13. The summed E-state index contributed by atoms with van der Waals surface area (Å²) in [7, 11) is 0. The normalized spacial score (nSPS) is 23.8. The third-order valence-corrected chi connectivity index (χ3v) is 16.7. The molecule has 2 aliphatic rings. The Morgan fingerprint density at radius 2 is 0.795 bits per heavy atom. The average Bonchev–Trinajstić information content (AvgIpc) is 1.84. The molecule has 14 nitrogen and oxygen atoms in total. The number of aliphatic hydroxyl groups is 8. The Morgan fingerprint density at radius 3 is 1.25 bits per heavy atom. The lowest BCUT2D eigenvalue weighted by atomic mass is 9.97. The zero-order valence-corrected chi connectivity index (χ0v) is 55.2. The van der Waals surface area contributed by atoms with Gasteiger partial charge in [0.2, 0.25) is 5.91 Å². The second kappa shape index (κ2) is 57.8. The number of nitrogens with one attached hydrogen (secondary N) is 1.